The largest absolute Gasteiger partial charge is 0.336 e. The summed E-state index contributed by atoms with van der Waals surface area (Å²) >= 11 is 0. The fourth-order valence-corrected chi connectivity index (χ4v) is 1.94. The van der Waals surface area contributed by atoms with Crippen molar-refractivity contribution in [3.8, 4) is 11.8 Å². The van der Waals surface area contributed by atoms with Crippen molar-refractivity contribution in [1.82, 2.24) is 4.90 Å². The summed E-state index contributed by atoms with van der Waals surface area (Å²) in [4.78, 5) is 14.3. The zero-order valence-corrected chi connectivity index (χ0v) is 12.2. The van der Waals surface area contributed by atoms with Gasteiger partial charge in [0, 0.05) is 18.2 Å². The van der Waals surface area contributed by atoms with Crippen LogP contribution in [0.15, 0.2) is 18.2 Å². The Hall–Kier alpha value is -1.86. The first-order chi connectivity index (χ1) is 9.51. The molecule has 0 atom stereocenters. The first-order valence-electron chi connectivity index (χ1n) is 6.80. The van der Waals surface area contributed by atoms with E-state index < -0.39 is 5.82 Å². The number of nitrogens with zero attached hydrogens (tertiary/aromatic N) is 1. The summed E-state index contributed by atoms with van der Waals surface area (Å²) in [6.07, 6.45) is 0.850. The second-order valence-corrected chi connectivity index (χ2v) is 4.79. The second kappa shape index (κ2) is 7.66. The Morgan fingerprint density at radius 3 is 2.70 bits per heavy atom. The molecule has 0 saturated heterocycles. The Kier molecular flexibility index (Phi) is 6.20. The van der Waals surface area contributed by atoms with Gasteiger partial charge in [-0.1, -0.05) is 18.8 Å². The van der Waals surface area contributed by atoms with Crippen molar-refractivity contribution in [3.05, 3.63) is 35.1 Å². The number of carbonyl (C=O) groups is 1. The molecule has 0 aromatic heterocycles. The van der Waals surface area contributed by atoms with Gasteiger partial charge in [-0.25, -0.2) is 4.39 Å². The average Bonchev–Trinajstić information content (AvgIpc) is 2.42. The van der Waals surface area contributed by atoms with E-state index in [0.717, 1.165) is 6.42 Å². The maximum absolute atomic E-state index is 13.4. The molecule has 20 heavy (non-hydrogen) atoms. The molecule has 0 aliphatic heterocycles. The Bertz CT molecular complexity index is 529. The fraction of sp³-hybridized carbons (Fsp3) is 0.438. The third-order valence-corrected chi connectivity index (χ3v) is 2.89. The minimum absolute atomic E-state index is 0.0565. The van der Waals surface area contributed by atoms with Crippen LogP contribution in [0.5, 0.6) is 0 Å². The van der Waals surface area contributed by atoms with Crippen LogP contribution in [-0.4, -0.2) is 29.9 Å². The summed E-state index contributed by atoms with van der Waals surface area (Å²) in [6, 6.07) is 4.13. The van der Waals surface area contributed by atoms with Crippen molar-refractivity contribution < 1.29 is 9.18 Å². The van der Waals surface area contributed by atoms with Crippen molar-refractivity contribution in [3.63, 3.8) is 0 Å². The maximum Gasteiger partial charge on any atom is 0.255 e. The van der Waals surface area contributed by atoms with Crippen LogP contribution in [0.2, 0.25) is 0 Å². The number of amides is 1. The van der Waals surface area contributed by atoms with E-state index in [1.807, 2.05) is 20.8 Å². The third-order valence-electron chi connectivity index (χ3n) is 2.89. The summed E-state index contributed by atoms with van der Waals surface area (Å²) < 4.78 is 13.4. The molecule has 1 rings (SSSR count). The Balaban J connectivity index is 3.21. The predicted molar refractivity (Wildman–Crippen MR) is 78.8 cm³/mol. The van der Waals surface area contributed by atoms with Crippen LogP contribution >= 0.6 is 0 Å². The van der Waals surface area contributed by atoms with Gasteiger partial charge < -0.3 is 10.6 Å². The van der Waals surface area contributed by atoms with Gasteiger partial charge in [-0.3, -0.25) is 4.79 Å². The third kappa shape index (κ3) is 4.07. The lowest BCUT2D eigenvalue weighted by molar-refractivity contribution is 0.0705. The highest BCUT2D eigenvalue weighted by atomic mass is 19.1. The molecule has 3 nitrogen and oxygen atoms in total. The summed E-state index contributed by atoms with van der Waals surface area (Å²) in [7, 11) is 0. The summed E-state index contributed by atoms with van der Waals surface area (Å²) in [5.74, 6) is 4.90. The van der Waals surface area contributed by atoms with Crippen molar-refractivity contribution in [1.29, 1.82) is 0 Å². The molecule has 0 aliphatic carbocycles. The minimum Gasteiger partial charge on any atom is -0.336 e. The number of hydrogen-bond acceptors (Lipinski definition) is 2. The molecule has 4 heteroatoms. The van der Waals surface area contributed by atoms with Gasteiger partial charge in [-0.05, 0) is 38.5 Å². The summed E-state index contributed by atoms with van der Waals surface area (Å²) in [6.45, 7) is 6.73. The van der Waals surface area contributed by atoms with Crippen LogP contribution in [0.1, 0.15) is 43.1 Å². The maximum atomic E-state index is 13.4. The molecule has 0 unspecified atom stereocenters. The Labute approximate surface area is 120 Å². The van der Waals surface area contributed by atoms with E-state index in [9.17, 15) is 9.18 Å². The lowest BCUT2D eigenvalue weighted by Crippen LogP contribution is -2.38. The van der Waals surface area contributed by atoms with Crippen LogP contribution in [0.3, 0.4) is 0 Å². The summed E-state index contributed by atoms with van der Waals surface area (Å²) in [5.41, 5.74) is 6.16. The molecule has 1 amide bonds. The normalized spacial score (nSPS) is 10.1. The van der Waals surface area contributed by atoms with Crippen LogP contribution in [0, 0.1) is 17.7 Å². The molecule has 0 fully saturated rings. The van der Waals surface area contributed by atoms with Gasteiger partial charge in [-0.15, -0.1) is 0 Å². The summed E-state index contributed by atoms with van der Waals surface area (Å²) in [5, 5.41) is 0. The molecule has 1 aromatic carbocycles. The average molecular weight is 276 g/mol. The number of benzene rings is 1. The standard InChI is InChI=1S/C16H21FN2O/c1-4-10-19(12(2)3)16(20)15-11-14(17)8-7-13(15)6-5-9-18/h7-8,11-12H,4,9-10,18H2,1-3H3. The van der Waals surface area contributed by atoms with Gasteiger partial charge in [-0.2, -0.15) is 0 Å². The molecule has 0 aliphatic rings. The predicted octanol–water partition coefficient (Wildman–Crippen LogP) is 2.40. The number of halogens is 1. The highest BCUT2D eigenvalue weighted by molar-refractivity contribution is 5.97. The zero-order valence-electron chi connectivity index (χ0n) is 12.2. The van der Waals surface area contributed by atoms with E-state index in [-0.39, 0.29) is 18.5 Å². The quantitative estimate of drug-likeness (QED) is 0.858. The molecule has 1 aromatic rings. The van der Waals surface area contributed by atoms with Crippen LogP contribution in [0.4, 0.5) is 4.39 Å². The van der Waals surface area contributed by atoms with E-state index in [2.05, 4.69) is 11.8 Å². The first-order valence-corrected chi connectivity index (χ1v) is 6.80. The van der Waals surface area contributed by atoms with Crippen LogP contribution < -0.4 is 5.73 Å². The van der Waals surface area contributed by atoms with Gasteiger partial charge in [0.1, 0.15) is 5.82 Å². The van der Waals surface area contributed by atoms with E-state index in [4.69, 9.17) is 5.73 Å². The molecule has 0 heterocycles. The van der Waals surface area contributed by atoms with Gasteiger partial charge >= 0.3 is 0 Å². The SMILES string of the molecule is CCCN(C(=O)c1cc(F)ccc1C#CCN)C(C)C. The molecule has 108 valence electrons. The van der Waals surface area contributed by atoms with Crippen LogP contribution in [0.25, 0.3) is 0 Å². The van der Waals surface area contributed by atoms with Gasteiger partial charge in [0.05, 0.1) is 12.1 Å². The molecule has 2 N–H and O–H groups in total. The minimum atomic E-state index is -0.438. The zero-order chi connectivity index (χ0) is 15.1. The highest BCUT2D eigenvalue weighted by Gasteiger charge is 2.20. The van der Waals surface area contributed by atoms with Crippen LogP contribution in [-0.2, 0) is 0 Å². The number of carbonyl (C=O) groups excluding carboxylic acids is 1. The van der Waals surface area contributed by atoms with E-state index in [0.29, 0.717) is 17.7 Å². The number of rotatable bonds is 4. The fourth-order valence-electron chi connectivity index (χ4n) is 1.94. The van der Waals surface area contributed by atoms with Gasteiger partial charge in [0.2, 0.25) is 0 Å². The van der Waals surface area contributed by atoms with E-state index in [1.165, 1.54) is 18.2 Å². The Morgan fingerprint density at radius 2 is 2.15 bits per heavy atom. The molecular weight excluding hydrogens is 255 g/mol. The Morgan fingerprint density at radius 1 is 1.45 bits per heavy atom. The molecule has 0 spiro atoms. The van der Waals surface area contributed by atoms with Crippen molar-refractivity contribution in [2.75, 3.05) is 13.1 Å². The smallest absolute Gasteiger partial charge is 0.255 e. The lowest BCUT2D eigenvalue weighted by Gasteiger charge is -2.26. The van der Waals surface area contributed by atoms with Crippen molar-refractivity contribution >= 4 is 5.91 Å². The number of hydrogen-bond donors (Lipinski definition) is 1. The highest BCUT2D eigenvalue weighted by Crippen LogP contribution is 2.15. The lowest BCUT2D eigenvalue weighted by atomic mass is 10.1. The second-order valence-electron chi connectivity index (χ2n) is 4.79. The number of nitrogens with two attached hydrogens (primary N) is 1. The van der Waals surface area contributed by atoms with Gasteiger partial charge in [0.25, 0.3) is 5.91 Å². The molecule has 0 bridgehead atoms. The van der Waals surface area contributed by atoms with Crippen molar-refractivity contribution in [2.24, 2.45) is 5.73 Å². The monoisotopic (exact) mass is 276 g/mol. The topological polar surface area (TPSA) is 46.3 Å². The van der Waals surface area contributed by atoms with Gasteiger partial charge in [0.15, 0.2) is 0 Å². The molecular formula is C16H21FN2O. The van der Waals surface area contributed by atoms with E-state index in [1.54, 1.807) is 4.90 Å². The van der Waals surface area contributed by atoms with E-state index >= 15 is 0 Å². The van der Waals surface area contributed by atoms with Crippen molar-refractivity contribution in [2.45, 2.75) is 33.2 Å². The molecule has 0 radical (unpaired) electrons. The first kappa shape index (κ1) is 16.2. The molecule has 0 saturated carbocycles.